The van der Waals surface area contributed by atoms with Crippen molar-refractivity contribution < 1.29 is 9.59 Å². The van der Waals surface area contributed by atoms with Crippen LogP contribution in [0.5, 0.6) is 0 Å². The van der Waals surface area contributed by atoms with E-state index in [1.165, 1.54) is 12.5 Å². The standard InChI is InChI=1S/C15H17Cl2N3O2/c16-12-7-6-11(8-13(12)17)18-14(21)9-15(22)20-19-10-4-2-1-3-5-10/h6-8H,1-5,9H2,(H,18,21)(H,20,22). The lowest BCUT2D eigenvalue weighted by Crippen LogP contribution is -2.26. The zero-order chi connectivity index (χ0) is 15.9. The number of hydrogen-bond acceptors (Lipinski definition) is 3. The molecule has 0 spiro atoms. The molecule has 2 amide bonds. The molecule has 2 N–H and O–H groups in total. The van der Waals surface area contributed by atoms with Crippen molar-refractivity contribution in [3.63, 3.8) is 0 Å². The van der Waals surface area contributed by atoms with Crippen molar-refractivity contribution in [2.45, 2.75) is 38.5 Å². The molecule has 0 heterocycles. The number of hydrazone groups is 1. The second-order valence-electron chi connectivity index (χ2n) is 5.13. The van der Waals surface area contributed by atoms with Crippen LogP contribution in [0.2, 0.25) is 10.0 Å². The van der Waals surface area contributed by atoms with Crippen LogP contribution >= 0.6 is 23.2 Å². The molecule has 0 saturated heterocycles. The van der Waals surface area contributed by atoms with Crippen molar-refractivity contribution in [1.29, 1.82) is 0 Å². The molecular weight excluding hydrogens is 325 g/mol. The van der Waals surface area contributed by atoms with E-state index >= 15 is 0 Å². The van der Waals surface area contributed by atoms with Gasteiger partial charge in [-0.15, -0.1) is 0 Å². The van der Waals surface area contributed by atoms with Crippen LogP contribution in [-0.4, -0.2) is 17.5 Å². The van der Waals surface area contributed by atoms with E-state index in [-0.39, 0.29) is 6.42 Å². The second kappa shape index (κ2) is 8.15. The summed E-state index contributed by atoms with van der Waals surface area (Å²) >= 11 is 11.7. The van der Waals surface area contributed by atoms with Crippen LogP contribution in [0, 0.1) is 0 Å². The number of rotatable bonds is 4. The van der Waals surface area contributed by atoms with Gasteiger partial charge in [-0.3, -0.25) is 9.59 Å². The lowest BCUT2D eigenvalue weighted by atomic mass is 9.99. The molecule has 5 nitrogen and oxygen atoms in total. The van der Waals surface area contributed by atoms with E-state index in [0.29, 0.717) is 15.7 Å². The molecule has 1 aromatic rings. The highest BCUT2D eigenvalue weighted by Crippen LogP contribution is 2.25. The summed E-state index contributed by atoms with van der Waals surface area (Å²) in [5.41, 5.74) is 3.91. The van der Waals surface area contributed by atoms with Crippen molar-refractivity contribution in [2.24, 2.45) is 5.10 Å². The Bertz CT molecular complexity index is 594. The summed E-state index contributed by atoms with van der Waals surface area (Å²) in [5, 5.41) is 7.40. The number of nitrogens with zero attached hydrogens (tertiary/aromatic N) is 1. The normalized spacial score (nSPS) is 14.4. The monoisotopic (exact) mass is 341 g/mol. The van der Waals surface area contributed by atoms with E-state index in [4.69, 9.17) is 23.2 Å². The Balaban J connectivity index is 1.80. The SMILES string of the molecule is O=C(CC(=O)Nc1ccc(Cl)c(Cl)c1)NN=C1CCCCC1. The van der Waals surface area contributed by atoms with Crippen LogP contribution in [0.1, 0.15) is 38.5 Å². The number of carbonyl (C=O) groups excluding carboxylic acids is 2. The molecule has 0 aliphatic heterocycles. The first-order valence-corrected chi connectivity index (χ1v) is 7.89. The molecule has 22 heavy (non-hydrogen) atoms. The Labute approximate surface area is 139 Å². The fourth-order valence-electron chi connectivity index (χ4n) is 2.18. The van der Waals surface area contributed by atoms with Gasteiger partial charge in [-0.05, 0) is 43.9 Å². The molecule has 1 aromatic carbocycles. The van der Waals surface area contributed by atoms with Gasteiger partial charge in [-0.25, -0.2) is 5.43 Å². The van der Waals surface area contributed by atoms with Gasteiger partial charge in [0, 0.05) is 11.4 Å². The molecule has 0 aromatic heterocycles. The molecule has 1 aliphatic rings. The summed E-state index contributed by atoms with van der Waals surface area (Å²) in [5.74, 6) is -0.865. The van der Waals surface area contributed by atoms with Gasteiger partial charge >= 0.3 is 0 Å². The third kappa shape index (κ3) is 5.31. The zero-order valence-electron chi connectivity index (χ0n) is 12.0. The van der Waals surface area contributed by atoms with Gasteiger partial charge in [0.1, 0.15) is 6.42 Å². The minimum atomic E-state index is -0.435. The predicted octanol–water partition coefficient (Wildman–Crippen LogP) is 3.76. The highest BCUT2D eigenvalue weighted by atomic mass is 35.5. The number of halogens is 2. The van der Waals surface area contributed by atoms with E-state index < -0.39 is 11.8 Å². The quantitative estimate of drug-likeness (QED) is 0.646. The van der Waals surface area contributed by atoms with Crippen LogP contribution in [0.4, 0.5) is 5.69 Å². The van der Waals surface area contributed by atoms with Gasteiger partial charge in [-0.1, -0.05) is 29.6 Å². The molecular formula is C15H17Cl2N3O2. The molecule has 1 aliphatic carbocycles. The van der Waals surface area contributed by atoms with Crippen LogP contribution in [0.15, 0.2) is 23.3 Å². The van der Waals surface area contributed by atoms with E-state index in [1.807, 2.05) is 0 Å². The number of hydrogen-bond donors (Lipinski definition) is 2. The molecule has 1 saturated carbocycles. The van der Waals surface area contributed by atoms with Crippen LogP contribution < -0.4 is 10.7 Å². The molecule has 0 unspecified atom stereocenters. The first-order chi connectivity index (χ1) is 10.5. The number of amides is 2. The summed E-state index contributed by atoms with van der Waals surface area (Å²) in [7, 11) is 0. The summed E-state index contributed by atoms with van der Waals surface area (Å²) < 4.78 is 0. The van der Waals surface area contributed by atoms with E-state index in [1.54, 1.807) is 12.1 Å². The Morgan fingerprint density at radius 1 is 1.05 bits per heavy atom. The smallest absolute Gasteiger partial charge is 0.249 e. The van der Waals surface area contributed by atoms with Gasteiger partial charge in [0.25, 0.3) is 0 Å². The van der Waals surface area contributed by atoms with Crippen molar-refractivity contribution in [3.8, 4) is 0 Å². The highest BCUT2D eigenvalue weighted by Gasteiger charge is 2.11. The number of anilines is 1. The molecule has 1 fully saturated rings. The third-order valence-corrected chi connectivity index (χ3v) is 4.03. The van der Waals surface area contributed by atoms with Gasteiger partial charge in [0.2, 0.25) is 11.8 Å². The van der Waals surface area contributed by atoms with E-state index in [9.17, 15) is 9.59 Å². The average Bonchev–Trinajstić information content (AvgIpc) is 2.50. The molecule has 2 rings (SSSR count). The Morgan fingerprint density at radius 2 is 1.77 bits per heavy atom. The number of benzene rings is 1. The zero-order valence-corrected chi connectivity index (χ0v) is 13.5. The lowest BCUT2D eigenvalue weighted by molar-refractivity contribution is -0.126. The fourth-order valence-corrected chi connectivity index (χ4v) is 2.48. The minimum Gasteiger partial charge on any atom is -0.326 e. The molecule has 118 valence electrons. The van der Waals surface area contributed by atoms with Gasteiger partial charge < -0.3 is 5.32 Å². The third-order valence-electron chi connectivity index (χ3n) is 3.29. The Kier molecular flexibility index (Phi) is 6.21. The number of carbonyl (C=O) groups is 2. The molecule has 0 radical (unpaired) electrons. The van der Waals surface area contributed by atoms with Crippen LogP contribution in [-0.2, 0) is 9.59 Å². The molecule has 7 heteroatoms. The van der Waals surface area contributed by atoms with Crippen LogP contribution in [0.25, 0.3) is 0 Å². The largest absolute Gasteiger partial charge is 0.326 e. The molecule has 0 bridgehead atoms. The van der Waals surface area contributed by atoms with Gasteiger partial charge in [-0.2, -0.15) is 5.10 Å². The topological polar surface area (TPSA) is 70.6 Å². The van der Waals surface area contributed by atoms with Gasteiger partial charge in [0.15, 0.2) is 0 Å². The summed E-state index contributed by atoms with van der Waals surface area (Å²) in [6.45, 7) is 0. The van der Waals surface area contributed by atoms with E-state index in [0.717, 1.165) is 31.4 Å². The maximum absolute atomic E-state index is 11.8. The fraction of sp³-hybridized carbons (Fsp3) is 0.400. The van der Waals surface area contributed by atoms with Crippen molar-refractivity contribution in [1.82, 2.24) is 5.43 Å². The second-order valence-corrected chi connectivity index (χ2v) is 5.94. The van der Waals surface area contributed by atoms with Crippen molar-refractivity contribution >= 4 is 46.4 Å². The lowest BCUT2D eigenvalue weighted by Gasteiger charge is -2.12. The Hall–Kier alpha value is -1.59. The van der Waals surface area contributed by atoms with Crippen molar-refractivity contribution in [2.75, 3.05) is 5.32 Å². The minimum absolute atomic E-state index is 0.295. The Morgan fingerprint density at radius 3 is 2.45 bits per heavy atom. The van der Waals surface area contributed by atoms with Crippen molar-refractivity contribution in [3.05, 3.63) is 28.2 Å². The maximum Gasteiger partial charge on any atom is 0.249 e. The maximum atomic E-state index is 11.8. The summed E-state index contributed by atoms with van der Waals surface area (Å²) in [6, 6.07) is 4.73. The predicted molar refractivity (Wildman–Crippen MR) is 88.4 cm³/mol. The van der Waals surface area contributed by atoms with Crippen LogP contribution in [0.3, 0.4) is 0 Å². The number of nitrogens with one attached hydrogen (secondary N) is 2. The van der Waals surface area contributed by atoms with E-state index in [2.05, 4.69) is 15.8 Å². The first kappa shape index (κ1) is 16.8. The van der Waals surface area contributed by atoms with Gasteiger partial charge in [0.05, 0.1) is 10.0 Å². The molecule has 0 atom stereocenters. The highest BCUT2D eigenvalue weighted by molar-refractivity contribution is 6.42. The average molecular weight is 342 g/mol. The summed E-state index contributed by atoms with van der Waals surface area (Å²) in [4.78, 5) is 23.5. The summed E-state index contributed by atoms with van der Waals surface area (Å²) in [6.07, 6.45) is 4.95. The first-order valence-electron chi connectivity index (χ1n) is 7.14.